The molecule has 3 rings (SSSR count). The topological polar surface area (TPSA) is 18.5 Å². The second-order valence-corrected chi connectivity index (χ2v) is 5.16. The molecule has 102 valence electrons. The van der Waals surface area contributed by atoms with Crippen molar-refractivity contribution in [3.05, 3.63) is 59.7 Å². The summed E-state index contributed by atoms with van der Waals surface area (Å²) in [6.45, 7) is 0.877. The summed E-state index contributed by atoms with van der Waals surface area (Å²) in [5.41, 5.74) is 0. The van der Waals surface area contributed by atoms with Crippen LogP contribution in [0.2, 0.25) is 0 Å². The highest BCUT2D eigenvalue weighted by Gasteiger charge is 2.03. The lowest BCUT2D eigenvalue weighted by Crippen LogP contribution is -2.08. The van der Waals surface area contributed by atoms with Crippen molar-refractivity contribution in [3.8, 4) is 11.5 Å². The lowest BCUT2D eigenvalue weighted by Gasteiger charge is -2.09. The molecule has 0 amide bonds. The molecular weight excluding hydrogens is 275 g/mol. The summed E-state index contributed by atoms with van der Waals surface area (Å²) in [5, 5.41) is 3.24. The minimum atomic E-state index is -0.266. The van der Waals surface area contributed by atoms with Crippen LogP contribution in [0.25, 0.3) is 10.1 Å². The molecule has 0 fully saturated rings. The maximum Gasteiger partial charge on any atom is 0.137 e. The third-order valence-electron chi connectivity index (χ3n) is 2.87. The van der Waals surface area contributed by atoms with Crippen molar-refractivity contribution in [2.24, 2.45) is 0 Å². The van der Waals surface area contributed by atoms with Crippen LogP contribution in [0.4, 0.5) is 4.39 Å². The van der Waals surface area contributed by atoms with E-state index in [0.717, 1.165) is 10.4 Å². The van der Waals surface area contributed by atoms with Crippen LogP contribution in [-0.2, 0) is 0 Å². The summed E-state index contributed by atoms with van der Waals surface area (Å²) in [5.74, 6) is 1.25. The van der Waals surface area contributed by atoms with E-state index in [9.17, 15) is 4.39 Å². The molecule has 0 saturated heterocycles. The van der Waals surface area contributed by atoms with Gasteiger partial charge in [-0.1, -0.05) is 12.1 Å². The van der Waals surface area contributed by atoms with E-state index in [4.69, 9.17) is 9.47 Å². The fourth-order valence-corrected chi connectivity index (χ4v) is 2.79. The van der Waals surface area contributed by atoms with Crippen LogP contribution in [0.1, 0.15) is 0 Å². The Labute approximate surface area is 120 Å². The van der Waals surface area contributed by atoms with Gasteiger partial charge in [0.25, 0.3) is 0 Å². The van der Waals surface area contributed by atoms with Gasteiger partial charge in [0.2, 0.25) is 0 Å². The standard InChI is InChI=1S/C16H13FO2S/c17-13-4-6-14(7-5-13)18-9-10-19-15-3-1-2-12-8-11-20-16(12)15/h1-8,11H,9-10H2. The number of ether oxygens (including phenoxy) is 2. The van der Waals surface area contributed by atoms with Crippen molar-refractivity contribution in [1.29, 1.82) is 0 Å². The number of benzene rings is 2. The molecule has 2 aromatic carbocycles. The Balaban J connectivity index is 1.55. The number of thiophene rings is 1. The van der Waals surface area contributed by atoms with E-state index in [0.29, 0.717) is 19.0 Å². The SMILES string of the molecule is Fc1ccc(OCCOc2cccc3ccsc23)cc1. The molecule has 3 aromatic rings. The lowest BCUT2D eigenvalue weighted by atomic mass is 10.2. The van der Waals surface area contributed by atoms with Gasteiger partial charge in [0.1, 0.15) is 30.5 Å². The van der Waals surface area contributed by atoms with E-state index >= 15 is 0 Å². The van der Waals surface area contributed by atoms with Crippen LogP contribution in [0.5, 0.6) is 11.5 Å². The van der Waals surface area contributed by atoms with E-state index < -0.39 is 0 Å². The fraction of sp³-hybridized carbons (Fsp3) is 0.125. The largest absolute Gasteiger partial charge is 0.490 e. The molecule has 0 spiro atoms. The zero-order valence-electron chi connectivity index (χ0n) is 10.7. The highest BCUT2D eigenvalue weighted by atomic mass is 32.1. The molecule has 0 aliphatic carbocycles. The molecule has 0 aliphatic rings. The quantitative estimate of drug-likeness (QED) is 0.644. The maximum atomic E-state index is 12.7. The fourth-order valence-electron chi connectivity index (χ4n) is 1.92. The van der Waals surface area contributed by atoms with Crippen LogP contribution in [0.15, 0.2) is 53.9 Å². The summed E-state index contributed by atoms with van der Waals surface area (Å²) in [6, 6.07) is 14.0. The maximum absolute atomic E-state index is 12.7. The Bertz CT molecular complexity index is 691. The Morgan fingerprint density at radius 3 is 2.55 bits per heavy atom. The molecule has 1 heterocycles. The van der Waals surface area contributed by atoms with E-state index in [-0.39, 0.29) is 5.82 Å². The first-order valence-electron chi connectivity index (χ1n) is 6.30. The number of halogens is 1. The van der Waals surface area contributed by atoms with Gasteiger partial charge in [0, 0.05) is 0 Å². The number of hydrogen-bond donors (Lipinski definition) is 0. The highest BCUT2D eigenvalue weighted by Crippen LogP contribution is 2.30. The highest BCUT2D eigenvalue weighted by molar-refractivity contribution is 7.17. The van der Waals surface area contributed by atoms with Gasteiger partial charge in [-0.25, -0.2) is 4.39 Å². The van der Waals surface area contributed by atoms with Gasteiger partial charge in [0.05, 0.1) is 4.70 Å². The first-order chi connectivity index (χ1) is 9.83. The molecule has 0 radical (unpaired) electrons. The summed E-state index contributed by atoms with van der Waals surface area (Å²) < 4.78 is 25.1. The van der Waals surface area contributed by atoms with Gasteiger partial charge >= 0.3 is 0 Å². The van der Waals surface area contributed by atoms with E-state index in [1.54, 1.807) is 23.5 Å². The summed E-state index contributed by atoms with van der Waals surface area (Å²) >= 11 is 1.66. The number of fused-ring (bicyclic) bond motifs is 1. The van der Waals surface area contributed by atoms with Crippen LogP contribution in [0.3, 0.4) is 0 Å². The molecule has 0 atom stereocenters. The van der Waals surface area contributed by atoms with Crippen molar-refractivity contribution >= 4 is 21.4 Å². The van der Waals surface area contributed by atoms with Gasteiger partial charge in [0.15, 0.2) is 0 Å². The van der Waals surface area contributed by atoms with Gasteiger partial charge in [-0.15, -0.1) is 11.3 Å². The minimum absolute atomic E-state index is 0.266. The Morgan fingerprint density at radius 2 is 1.70 bits per heavy atom. The zero-order chi connectivity index (χ0) is 13.8. The second kappa shape index (κ2) is 5.92. The normalized spacial score (nSPS) is 10.7. The van der Waals surface area contributed by atoms with Crippen LogP contribution < -0.4 is 9.47 Å². The summed E-state index contributed by atoms with van der Waals surface area (Å²) in [7, 11) is 0. The summed E-state index contributed by atoms with van der Waals surface area (Å²) in [4.78, 5) is 0. The van der Waals surface area contributed by atoms with Crippen LogP contribution in [-0.4, -0.2) is 13.2 Å². The van der Waals surface area contributed by atoms with Crippen LogP contribution >= 0.6 is 11.3 Å². The van der Waals surface area contributed by atoms with Gasteiger partial charge in [-0.05, 0) is 47.2 Å². The van der Waals surface area contributed by atoms with Crippen molar-refractivity contribution < 1.29 is 13.9 Å². The van der Waals surface area contributed by atoms with E-state index in [2.05, 4.69) is 12.1 Å². The van der Waals surface area contributed by atoms with Crippen molar-refractivity contribution in [1.82, 2.24) is 0 Å². The average molecular weight is 288 g/mol. The molecule has 0 saturated carbocycles. The molecule has 2 nitrogen and oxygen atoms in total. The summed E-state index contributed by atoms with van der Waals surface area (Å²) in [6.07, 6.45) is 0. The molecule has 0 bridgehead atoms. The Hall–Kier alpha value is -2.07. The monoisotopic (exact) mass is 288 g/mol. The Morgan fingerprint density at radius 1 is 0.900 bits per heavy atom. The number of rotatable bonds is 5. The van der Waals surface area contributed by atoms with Crippen molar-refractivity contribution in [3.63, 3.8) is 0 Å². The second-order valence-electron chi connectivity index (χ2n) is 4.25. The van der Waals surface area contributed by atoms with E-state index in [1.807, 2.05) is 17.5 Å². The third-order valence-corrected chi connectivity index (χ3v) is 3.81. The zero-order valence-corrected chi connectivity index (χ0v) is 11.5. The predicted molar refractivity (Wildman–Crippen MR) is 79.2 cm³/mol. The van der Waals surface area contributed by atoms with Gasteiger partial charge < -0.3 is 9.47 Å². The molecule has 0 aliphatic heterocycles. The van der Waals surface area contributed by atoms with Crippen molar-refractivity contribution in [2.75, 3.05) is 13.2 Å². The first kappa shape index (κ1) is 12.9. The molecular formula is C16H13FO2S. The lowest BCUT2D eigenvalue weighted by molar-refractivity contribution is 0.219. The molecule has 20 heavy (non-hydrogen) atoms. The molecule has 1 aromatic heterocycles. The predicted octanol–water partition coefficient (Wildman–Crippen LogP) is 4.50. The van der Waals surface area contributed by atoms with Gasteiger partial charge in [-0.3, -0.25) is 0 Å². The smallest absolute Gasteiger partial charge is 0.137 e. The van der Waals surface area contributed by atoms with Crippen LogP contribution in [0, 0.1) is 5.82 Å². The Kier molecular flexibility index (Phi) is 3.83. The average Bonchev–Trinajstić information content (AvgIpc) is 2.94. The van der Waals surface area contributed by atoms with Gasteiger partial charge in [-0.2, -0.15) is 0 Å². The third kappa shape index (κ3) is 2.91. The van der Waals surface area contributed by atoms with E-state index in [1.165, 1.54) is 17.5 Å². The first-order valence-corrected chi connectivity index (χ1v) is 7.18. The molecule has 4 heteroatoms. The van der Waals surface area contributed by atoms with Crippen molar-refractivity contribution in [2.45, 2.75) is 0 Å². The molecule has 0 N–H and O–H groups in total. The number of hydrogen-bond acceptors (Lipinski definition) is 3. The molecule has 0 unspecified atom stereocenters. The minimum Gasteiger partial charge on any atom is -0.490 e.